The minimum absolute atomic E-state index is 0.159. The highest BCUT2D eigenvalue weighted by Crippen LogP contribution is 2.17. The van der Waals surface area contributed by atoms with Crippen LogP contribution in [0.25, 0.3) is 0 Å². The first-order valence-electron chi connectivity index (χ1n) is 5.57. The van der Waals surface area contributed by atoms with Gasteiger partial charge in [0.15, 0.2) is 0 Å². The lowest BCUT2D eigenvalue weighted by molar-refractivity contribution is 0.718. The van der Waals surface area contributed by atoms with E-state index in [0.29, 0.717) is 0 Å². The van der Waals surface area contributed by atoms with Crippen molar-refractivity contribution in [2.24, 2.45) is 5.73 Å². The molecule has 2 N–H and O–H groups in total. The van der Waals surface area contributed by atoms with E-state index in [9.17, 15) is 0 Å². The molecule has 0 bridgehead atoms. The van der Waals surface area contributed by atoms with E-state index in [0.717, 1.165) is 31.0 Å². The number of nitrogens with zero attached hydrogens (tertiary/aromatic N) is 3. The zero-order valence-electron chi connectivity index (χ0n) is 9.19. The van der Waals surface area contributed by atoms with E-state index in [1.54, 1.807) is 6.33 Å². The van der Waals surface area contributed by atoms with Crippen molar-refractivity contribution in [1.29, 1.82) is 0 Å². The van der Waals surface area contributed by atoms with Crippen LogP contribution in [0.4, 0.5) is 5.82 Å². The molecule has 1 aromatic rings. The van der Waals surface area contributed by atoms with E-state index in [1.165, 1.54) is 12.8 Å². The Hall–Kier alpha value is -1.16. The van der Waals surface area contributed by atoms with Crippen LogP contribution < -0.4 is 10.6 Å². The third kappa shape index (κ3) is 2.65. The quantitative estimate of drug-likeness (QED) is 0.800. The first kappa shape index (κ1) is 10.4. The van der Waals surface area contributed by atoms with Gasteiger partial charge in [-0.3, -0.25) is 0 Å². The molecule has 1 atom stereocenters. The molecule has 82 valence electrons. The van der Waals surface area contributed by atoms with Gasteiger partial charge in [0, 0.05) is 37.3 Å². The van der Waals surface area contributed by atoms with Crippen molar-refractivity contribution in [2.75, 3.05) is 18.0 Å². The number of rotatable bonds is 3. The summed E-state index contributed by atoms with van der Waals surface area (Å²) in [6, 6.07) is 2.22. The van der Waals surface area contributed by atoms with Gasteiger partial charge in [-0.25, -0.2) is 9.97 Å². The van der Waals surface area contributed by atoms with Crippen LogP contribution in [0.2, 0.25) is 0 Å². The van der Waals surface area contributed by atoms with Crippen LogP contribution in [-0.2, 0) is 6.42 Å². The molecular weight excluding hydrogens is 188 g/mol. The molecule has 0 aliphatic carbocycles. The lowest BCUT2D eigenvalue weighted by Gasteiger charge is -2.16. The molecule has 0 amide bonds. The summed E-state index contributed by atoms with van der Waals surface area (Å²) in [7, 11) is 0. The summed E-state index contributed by atoms with van der Waals surface area (Å²) >= 11 is 0. The largest absolute Gasteiger partial charge is 0.357 e. The predicted octanol–water partition coefficient (Wildman–Crippen LogP) is 0.966. The van der Waals surface area contributed by atoms with Gasteiger partial charge < -0.3 is 10.6 Å². The third-order valence-electron chi connectivity index (χ3n) is 2.67. The Labute approximate surface area is 90.5 Å². The number of nitrogens with two attached hydrogens (primary N) is 1. The average molecular weight is 206 g/mol. The van der Waals surface area contributed by atoms with E-state index in [4.69, 9.17) is 5.73 Å². The van der Waals surface area contributed by atoms with Crippen LogP contribution >= 0.6 is 0 Å². The van der Waals surface area contributed by atoms with E-state index < -0.39 is 0 Å². The molecule has 1 saturated heterocycles. The highest BCUT2D eigenvalue weighted by Gasteiger charge is 2.14. The van der Waals surface area contributed by atoms with Crippen LogP contribution in [0.5, 0.6) is 0 Å². The minimum atomic E-state index is 0.159. The molecule has 0 radical (unpaired) electrons. The average Bonchev–Trinajstić information content (AvgIpc) is 2.69. The number of hydrogen-bond donors (Lipinski definition) is 1. The Kier molecular flexibility index (Phi) is 3.16. The Morgan fingerprint density at radius 1 is 1.40 bits per heavy atom. The molecule has 1 aromatic heterocycles. The molecule has 1 aliphatic heterocycles. The summed E-state index contributed by atoms with van der Waals surface area (Å²) in [6.45, 7) is 4.24. The molecule has 1 aliphatic rings. The van der Waals surface area contributed by atoms with Gasteiger partial charge in [-0.1, -0.05) is 0 Å². The van der Waals surface area contributed by atoms with Gasteiger partial charge in [0.2, 0.25) is 0 Å². The maximum atomic E-state index is 5.75. The van der Waals surface area contributed by atoms with E-state index >= 15 is 0 Å². The molecule has 0 aromatic carbocycles. The Morgan fingerprint density at radius 2 is 2.13 bits per heavy atom. The minimum Gasteiger partial charge on any atom is -0.357 e. The molecule has 4 heteroatoms. The molecular formula is C11H18N4. The third-order valence-corrected chi connectivity index (χ3v) is 2.67. The first-order valence-corrected chi connectivity index (χ1v) is 5.57. The van der Waals surface area contributed by atoms with E-state index in [-0.39, 0.29) is 6.04 Å². The fourth-order valence-corrected chi connectivity index (χ4v) is 1.95. The van der Waals surface area contributed by atoms with Gasteiger partial charge >= 0.3 is 0 Å². The normalized spacial score (nSPS) is 18.1. The van der Waals surface area contributed by atoms with Crippen LogP contribution in [0.15, 0.2) is 12.4 Å². The lowest BCUT2D eigenvalue weighted by Crippen LogP contribution is -2.21. The maximum absolute atomic E-state index is 5.75. The second-order valence-corrected chi connectivity index (χ2v) is 4.24. The summed E-state index contributed by atoms with van der Waals surface area (Å²) < 4.78 is 0. The highest BCUT2D eigenvalue weighted by molar-refractivity contribution is 5.39. The van der Waals surface area contributed by atoms with Crippen molar-refractivity contribution < 1.29 is 0 Å². The Bertz CT molecular complexity index is 318. The van der Waals surface area contributed by atoms with Gasteiger partial charge in [-0.2, -0.15) is 0 Å². The van der Waals surface area contributed by atoms with E-state index in [1.807, 2.05) is 6.92 Å². The maximum Gasteiger partial charge on any atom is 0.132 e. The van der Waals surface area contributed by atoms with Crippen LogP contribution in [0, 0.1) is 0 Å². The van der Waals surface area contributed by atoms with Crippen molar-refractivity contribution >= 4 is 5.82 Å². The zero-order valence-corrected chi connectivity index (χ0v) is 9.19. The highest BCUT2D eigenvalue weighted by atomic mass is 15.2. The predicted molar refractivity (Wildman–Crippen MR) is 60.8 cm³/mol. The Morgan fingerprint density at radius 3 is 2.80 bits per heavy atom. The zero-order chi connectivity index (χ0) is 10.7. The second-order valence-electron chi connectivity index (χ2n) is 4.24. The molecule has 0 saturated carbocycles. The topological polar surface area (TPSA) is 55.0 Å². The molecule has 1 unspecified atom stereocenters. The van der Waals surface area contributed by atoms with Gasteiger partial charge in [-0.05, 0) is 19.8 Å². The van der Waals surface area contributed by atoms with Crippen LogP contribution in [-0.4, -0.2) is 29.1 Å². The summed E-state index contributed by atoms with van der Waals surface area (Å²) in [5.41, 5.74) is 6.80. The fourth-order valence-electron chi connectivity index (χ4n) is 1.95. The molecule has 0 spiro atoms. The smallest absolute Gasteiger partial charge is 0.132 e. The van der Waals surface area contributed by atoms with Gasteiger partial charge in [0.05, 0.1) is 0 Å². The summed E-state index contributed by atoms with van der Waals surface area (Å²) in [6.07, 6.45) is 5.01. The molecule has 4 nitrogen and oxygen atoms in total. The molecule has 1 fully saturated rings. The molecule has 2 heterocycles. The van der Waals surface area contributed by atoms with Crippen LogP contribution in [0.3, 0.4) is 0 Å². The van der Waals surface area contributed by atoms with Gasteiger partial charge in [0.1, 0.15) is 12.1 Å². The van der Waals surface area contributed by atoms with Gasteiger partial charge in [0.25, 0.3) is 0 Å². The molecule has 2 rings (SSSR count). The monoisotopic (exact) mass is 206 g/mol. The number of hydrogen-bond acceptors (Lipinski definition) is 4. The summed E-state index contributed by atoms with van der Waals surface area (Å²) in [5, 5.41) is 0. The van der Waals surface area contributed by atoms with Crippen molar-refractivity contribution in [3.05, 3.63) is 18.1 Å². The molecule has 15 heavy (non-hydrogen) atoms. The van der Waals surface area contributed by atoms with Crippen molar-refractivity contribution in [3.8, 4) is 0 Å². The lowest BCUT2D eigenvalue weighted by atomic mass is 10.2. The van der Waals surface area contributed by atoms with E-state index in [2.05, 4.69) is 20.9 Å². The van der Waals surface area contributed by atoms with Crippen molar-refractivity contribution in [3.63, 3.8) is 0 Å². The van der Waals surface area contributed by atoms with Gasteiger partial charge in [-0.15, -0.1) is 0 Å². The standard InChI is InChI=1S/C11H18N4/c1-9(12)6-10-7-11(14-8-13-10)15-4-2-3-5-15/h7-9H,2-6,12H2,1H3. The number of anilines is 1. The van der Waals surface area contributed by atoms with Crippen LogP contribution in [0.1, 0.15) is 25.5 Å². The summed E-state index contributed by atoms with van der Waals surface area (Å²) in [5.74, 6) is 1.05. The first-order chi connectivity index (χ1) is 7.25. The number of aromatic nitrogens is 2. The summed E-state index contributed by atoms with van der Waals surface area (Å²) in [4.78, 5) is 10.8. The Balaban J connectivity index is 2.11. The fraction of sp³-hybridized carbons (Fsp3) is 0.636. The van der Waals surface area contributed by atoms with Crippen molar-refractivity contribution in [2.45, 2.75) is 32.2 Å². The SMILES string of the molecule is CC(N)Cc1cc(N2CCCC2)ncn1. The van der Waals surface area contributed by atoms with Crippen molar-refractivity contribution in [1.82, 2.24) is 9.97 Å². The second kappa shape index (κ2) is 4.57.